The lowest BCUT2D eigenvalue weighted by atomic mass is 10.1. The Morgan fingerprint density at radius 3 is 2.89 bits per heavy atom. The van der Waals surface area contributed by atoms with Crippen molar-refractivity contribution >= 4 is 5.82 Å². The summed E-state index contributed by atoms with van der Waals surface area (Å²) in [5.41, 5.74) is 1.34. The Hall–Kier alpha value is -1.13. The summed E-state index contributed by atoms with van der Waals surface area (Å²) < 4.78 is 5.41. The van der Waals surface area contributed by atoms with Crippen LogP contribution in [-0.2, 0) is 11.3 Å². The Kier molecular flexibility index (Phi) is 5.61. The minimum atomic E-state index is 0.454. The van der Waals surface area contributed by atoms with Gasteiger partial charge in [0.05, 0.1) is 6.10 Å². The molecule has 106 valence electrons. The summed E-state index contributed by atoms with van der Waals surface area (Å²) in [6.45, 7) is 6.41. The smallest absolute Gasteiger partial charge is 0.126 e. The number of hydrogen-bond donors (Lipinski definition) is 1. The standard InChI is InChI=1S/C15H25N3O/c1-3-7-16-15-11-13(4-8-17-15)12-18-9-5-14(19-2)6-10-18/h4,8,11,14H,3,5-7,9-10,12H2,1-2H3,(H,16,17). The average Bonchev–Trinajstić information content (AvgIpc) is 2.46. The Morgan fingerprint density at radius 2 is 2.21 bits per heavy atom. The molecule has 2 rings (SSSR count). The van der Waals surface area contributed by atoms with Gasteiger partial charge in [0.15, 0.2) is 0 Å². The number of pyridine rings is 1. The number of rotatable bonds is 6. The van der Waals surface area contributed by atoms with E-state index in [9.17, 15) is 0 Å². The number of anilines is 1. The van der Waals surface area contributed by atoms with Crippen molar-refractivity contribution in [3.63, 3.8) is 0 Å². The maximum absolute atomic E-state index is 5.41. The van der Waals surface area contributed by atoms with E-state index in [1.165, 1.54) is 5.56 Å². The van der Waals surface area contributed by atoms with Crippen LogP contribution in [0.5, 0.6) is 0 Å². The number of ether oxygens (including phenoxy) is 1. The average molecular weight is 263 g/mol. The summed E-state index contributed by atoms with van der Waals surface area (Å²) in [6.07, 6.45) is 5.76. The fourth-order valence-corrected chi connectivity index (χ4v) is 2.48. The zero-order valence-electron chi connectivity index (χ0n) is 12.1. The summed E-state index contributed by atoms with van der Waals surface area (Å²) in [4.78, 5) is 6.84. The van der Waals surface area contributed by atoms with Crippen LogP contribution in [0, 0.1) is 0 Å². The maximum atomic E-state index is 5.41. The number of nitrogens with one attached hydrogen (secondary N) is 1. The first-order valence-corrected chi connectivity index (χ1v) is 7.25. The number of nitrogens with zero attached hydrogens (tertiary/aromatic N) is 2. The van der Waals surface area contributed by atoms with Crippen LogP contribution in [0.3, 0.4) is 0 Å². The molecule has 0 amide bonds. The third-order valence-corrected chi connectivity index (χ3v) is 3.65. The van der Waals surface area contributed by atoms with Crippen molar-refractivity contribution in [3.8, 4) is 0 Å². The third-order valence-electron chi connectivity index (χ3n) is 3.65. The fourth-order valence-electron chi connectivity index (χ4n) is 2.48. The van der Waals surface area contributed by atoms with E-state index < -0.39 is 0 Å². The number of piperidine rings is 1. The first-order chi connectivity index (χ1) is 9.31. The van der Waals surface area contributed by atoms with E-state index in [1.54, 1.807) is 0 Å². The van der Waals surface area contributed by atoms with Crippen LogP contribution in [0.15, 0.2) is 18.3 Å². The van der Waals surface area contributed by atoms with Crippen molar-refractivity contribution in [2.75, 3.05) is 32.1 Å². The SMILES string of the molecule is CCCNc1cc(CN2CCC(OC)CC2)ccn1. The summed E-state index contributed by atoms with van der Waals surface area (Å²) in [6, 6.07) is 4.28. The predicted octanol–water partition coefficient (Wildman–Crippen LogP) is 2.51. The van der Waals surface area contributed by atoms with E-state index in [-0.39, 0.29) is 0 Å². The van der Waals surface area contributed by atoms with E-state index in [4.69, 9.17) is 4.74 Å². The van der Waals surface area contributed by atoms with Gasteiger partial charge >= 0.3 is 0 Å². The van der Waals surface area contributed by atoms with Crippen molar-refractivity contribution in [2.45, 2.75) is 38.8 Å². The lowest BCUT2D eigenvalue weighted by molar-refractivity contribution is 0.0388. The molecule has 1 fully saturated rings. The van der Waals surface area contributed by atoms with Crippen LogP contribution in [0.25, 0.3) is 0 Å². The lowest BCUT2D eigenvalue weighted by Gasteiger charge is -2.31. The van der Waals surface area contributed by atoms with Gasteiger partial charge in [-0.05, 0) is 37.0 Å². The van der Waals surface area contributed by atoms with E-state index in [0.29, 0.717) is 6.10 Å². The molecule has 2 heterocycles. The van der Waals surface area contributed by atoms with Crippen LogP contribution in [0.2, 0.25) is 0 Å². The minimum Gasteiger partial charge on any atom is -0.381 e. The van der Waals surface area contributed by atoms with Crippen molar-refractivity contribution < 1.29 is 4.74 Å². The van der Waals surface area contributed by atoms with Gasteiger partial charge in [-0.3, -0.25) is 4.90 Å². The van der Waals surface area contributed by atoms with Gasteiger partial charge < -0.3 is 10.1 Å². The van der Waals surface area contributed by atoms with Crippen molar-refractivity contribution in [2.24, 2.45) is 0 Å². The van der Waals surface area contributed by atoms with E-state index in [2.05, 4.69) is 34.3 Å². The summed E-state index contributed by atoms with van der Waals surface area (Å²) in [7, 11) is 1.81. The Bertz CT molecular complexity index is 375. The third kappa shape index (κ3) is 4.48. The number of methoxy groups -OCH3 is 1. The Morgan fingerprint density at radius 1 is 1.42 bits per heavy atom. The maximum Gasteiger partial charge on any atom is 0.126 e. The highest BCUT2D eigenvalue weighted by Crippen LogP contribution is 2.16. The van der Waals surface area contributed by atoms with Gasteiger partial charge in [-0.2, -0.15) is 0 Å². The van der Waals surface area contributed by atoms with Crippen LogP contribution in [0.4, 0.5) is 5.82 Å². The molecule has 4 nitrogen and oxygen atoms in total. The summed E-state index contributed by atoms with van der Waals surface area (Å²) in [5.74, 6) is 0.992. The molecule has 1 saturated heterocycles. The highest BCUT2D eigenvalue weighted by molar-refractivity contribution is 5.37. The molecule has 1 aliphatic rings. The van der Waals surface area contributed by atoms with Gasteiger partial charge in [0.1, 0.15) is 5.82 Å². The highest BCUT2D eigenvalue weighted by atomic mass is 16.5. The number of hydrogen-bond acceptors (Lipinski definition) is 4. The quantitative estimate of drug-likeness (QED) is 0.856. The molecule has 0 aliphatic carbocycles. The molecule has 4 heteroatoms. The van der Waals surface area contributed by atoms with Gasteiger partial charge in [-0.1, -0.05) is 6.92 Å². The first-order valence-electron chi connectivity index (χ1n) is 7.25. The van der Waals surface area contributed by atoms with E-state index in [1.807, 2.05) is 13.3 Å². The molecular weight excluding hydrogens is 238 g/mol. The van der Waals surface area contributed by atoms with Gasteiger partial charge in [-0.15, -0.1) is 0 Å². The molecule has 0 atom stereocenters. The Balaban J connectivity index is 1.85. The molecule has 0 aromatic carbocycles. The topological polar surface area (TPSA) is 37.4 Å². The second-order valence-corrected chi connectivity index (χ2v) is 5.19. The monoisotopic (exact) mass is 263 g/mol. The van der Waals surface area contributed by atoms with E-state index >= 15 is 0 Å². The molecule has 1 aromatic rings. The van der Waals surface area contributed by atoms with Crippen molar-refractivity contribution in [1.82, 2.24) is 9.88 Å². The van der Waals surface area contributed by atoms with Crippen LogP contribution in [-0.4, -0.2) is 42.7 Å². The summed E-state index contributed by atoms with van der Waals surface area (Å²) >= 11 is 0. The van der Waals surface area contributed by atoms with Crippen LogP contribution >= 0.6 is 0 Å². The molecular formula is C15H25N3O. The fraction of sp³-hybridized carbons (Fsp3) is 0.667. The molecule has 19 heavy (non-hydrogen) atoms. The minimum absolute atomic E-state index is 0.454. The molecule has 1 N–H and O–H groups in total. The summed E-state index contributed by atoms with van der Waals surface area (Å²) in [5, 5.41) is 3.34. The lowest BCUT2D eigenvalue weighted by Crippen LogP contribution is -2.36. The molecule has 0 spiro atoms. The normalized spacial score (nSPS) is 17.6. The first kappa shape index (κ1) is 14.3. The second-order valence-electron chi connectivity index (χ2n) is 5.19. The van der Waals surface area contributed by atoms with Gasteiger partial charge in [0.25, 0.3) is 0 Å². The zero-order chi connectivity index (χ0) is 13.5. The largest absolute Gasteiger partial charge is 0.381 e. The highest BCUT2D eigenvalue weighted by Gasteiger charge is 2.18. The van der Waals surface area contributed by atoms with Crippen molar-refractivity contribution in [3.05, 3.63) is 23.9 Å². The molecule has 1 aromatic heterocycles. The van der Waals surface area contributed by atoms with Gasteiger partial charge in [0, 0.05) is 39.5 Å². The second kappa shape index (κ2) is 7.46. The molecule has 1 aliphatic heterocycles. The molecule has 0 unspecified atom stereocenters. The van der Waals surface area contributed by atoms with Crippen molar-refractivity contribution in [1.29, 1.82) is 0 Å². The van der Waals surface area contributed by atoms with Crippen LogP contribution in [0.1, 0.15) is 31.7 Å². The van der Waals surface area contributed by atoms with E-state index in [0.717, 1.165) is 51.3 Å². The predicted molar refractivity (Wildman–Crippen MR) is 78.3 cm³/mol. The molecule has 0 bridgehead atoms. The Labute approximate surface area is 116 Å². The number of likely N-dealkylation sites (tertiary alicyclic amines) is 1. The molecule has 0 saturated carbocycles. The molecule has 0 radical (unpaired) electrons. The number of aromatic nitrogens is 1. The van der Waals surface area contributed by atoms with Crippen LogP contribution < -0.4 is 5.32 Å². The van der Waals surface area contributed by atoms with Gasteiger partial charge in [-0.25, -0.2) is 4.98 Å². The van der Waals surface area contributed by atoms with Gasteiger partial charge in [0.2, 0.25) is 0 Å². The zero-order valence-corrected chi connectivity index (χ0v) is 12.1.